The van der Waals surface area contributed by atoms with E-state index in [4.69, 9.17) is 0 Å². The van der Waals surface area contributed by atoms with E-state index in [0.717, 1.165) is 36.8 Å². The van der Waals surface area contributed by atoms with Crippen LogP contribution in [0.2, 0.25) is 0 Å². The topological polar surface area (TPSA) is 125 Å². The average molecular weight is 499 g/mol. The Balaban J connectivity index is 1.22. The molecule has 2 aromatic rings. The SMILES string of the molecule is O=C(CCNS(=O)(=O)c1ccc2c(c1)CCCC2)NCc1ccc(C(=O)N2CCNC(=O)C2)cc1. The number of amides is 3. The number of aryl methyl sites for hydroxylation is 2. The van der Waals surface area contributed by atoms with E-state index in [0.29, 0.717) is 18.7 Å². The van der Waals surface area contributed by atoms with Crippen LogP contribution in [0.15, 0.2) is 47.4 Å². The van der Waals surface area contributed by atoms with Gasteiger partial charge in [0.2, 0.25) is 21.8 Å². The second kappa shape index (κ2) is 11.0. The van der Waals surface area contributed by atoms with Gasteiger partial charge in [0.25, 0.3) is 5.91 Å². The zero-order valence-electron chi connectivity index (χ0n) is 19.5. The number of piperazine rings is 1. The standard InChI is InChI=1S/C25H30N4O5S/c30-23(11-12-28-35(33,34)22-10-9-19-3-1-2-4-21(19)15-22)27-16-18-5-7-20(8-6-18)25(32)29-14-13-26-24(31)17-29/h5-10,15,28H,1-4,11-14,16-17H2,(H,26,31)(H,27,30). The summed E-state index contributed by atoms with van der Waals surface area (Å²) >= 11 is 0. The molecule has 0 aromatic heterocycles. The van der Waals surface area contributed by atoms with Crippen LogP contribution in [0, 0.1) is 0 Å². The first-order valence-corrected chi connectivity index (χ1v) is 13.3. The Morgan fingerprint density at radius 2 is 1.74 bits per heavy atom. The molecule has 0 atom stereocenters. The van der Waals surface area contributed by atoms with Crippen molar-refractivity contribution in [3.8, 4) is 0 Å². The Hall–Kier alpha value is -3.24. The highest BCUT2D eigenvalue weighted by Gasteiger charge is 2.22. The maximum absolute atomic E-state index is 12.6. The lowest BCUT2D eigenvalue weighted by Crippen LogP contribution is -2.49. The van der Waals surface area contributed by atoms with Crippen molar-refractivity contribution in [3.63, 3.8) is 0 Å². The molecular weight excluding hydrogens is 468 g/mol. The maximum atomic E-state index is 12.6. The van der Waals surface area contributed by atoms with Gasteiger partial charge in [0, 0.05) is 38.2 Å². The number of hydrogen-bond donors (Lipinski definition) is 3. The van der Waals surface area contributed by atoms with Crippen LogP contribution in [0.4, 0.5) is 0 Å². The normalized spacial score (nSPS) is 15.8. The lowest BCUT2D eigenvalue weighted by Gasteiger charge is -2.26. The third-order valence-corrected chi connectivity index (χ3v) is 7.75. The van der Waals surface area contributed by atoms with Gasteiger partial charge >= 0.3 is 0 Å². The second-order valence-electron chi connectivity index (χ2n) is 8.84. The fraction of sp³-hybridized carbons (Fsp3) is 0.400. The summed E-state index contributed by atoms with van der Waals surface area (Å²) in [5, 5.41) is 5.45. The molecule has 0 bridgehead atoms. The van der Waals surface area contributed by atoms with Gasteiger partial charge in [0.05, 0.1) is 11.4 Å². The van der Waals surface area contributed by atoms with Gasteiger partial charge in [0.1, 0.15) is 0 Å². The fourth-order valence-corrected chi connectivity index (χ4v) is 5.39. The monoisotopic (exact) mass is 498 g/mol. The first-order chi connectivity index (χ1) is 16.8. The predicted molar refractivity (Wildman–Crippen MR) is 130 cm³/mol. The van der Waals surface area contributed by atoms with Gasteiger partial charge in [-0.25, -0.2) is 13.1 Å². The van der Waals surface area contributed by atoms with Crippen LogP contribution >= 0.6 is 0 Å². The molecule has 0 radical (unpaired) electrons. The molecular formula is C25H30N4O5S. The number of benzene rings is 2. The summed E-state index contributed by atoms with van der Waals surface area (Å²) < 4.78 is 27.7. The molecule has 1 aliphatic carbocycles. The highest BCUT2D eigenvalue weighted by atomic mass is 32.2. The molecule has 3 N–H and O–H groups in total. The van der Waals surface area contributed by atoms with Gasteiger partial charge in [-0.2, -0.15) is 0 Å². The molecule has 0 unspecified atom stereocenters. The number of hydrogen-bond acceptors (Lipinski definition) is 5. The molecule has 0 spiro atoms. The zero-order valence-corrected chi connectivity index (χ0v) is 20.3. The molecule has 1 aliphatic heterocycles. The summed E-state index contributed by atoms with van der Waals surface area (Å²) in [6.45, 7) is 1.22. The van der Waals surface area contributed by atoms with Crippen molar-refractivity contribution in [2.45, 2.75) is 43.5 Å². The average Bonchev–Trinajstić information content (AvgIpc) is 2.87. The quantitative estimate of drug-likeness (QED) is 0.503. The molecule has 2 aliphatic rings. The minimum atomic E-state index is -3.67. The molecule has 0 saturated carbocycles. The van der Waals surface area contributed by atoms with Crippen LogP contribution < -0.4 is 15.4 Å². The molecule has 1 fully saturated rings. The highest BCUT2D eigenvalue weighted by molar-refractivity contribution is 7.89. The van der Waals surface area contributed by atoms with E-state index in [2.05, 4.69) is 15.4 Å². The number of carbonyl (C=O) groups excluding carboxylic acids is 3. The molecule has 35 heavy (non-hydrogen) atoms. The van der Waals surface area contributed by atoms with E-state index in [-0.39, 0.29) is 48.7 Å². The fourth-order valence-electron chi connectivity index (χ4n) is 4.31. The first-order valence-electron chi connectivity index (χ1n) is 11.8. The smallest absolute Gasteiger partial charge is 0.254 e. The van der Waals surface area contributed by atoms with Gasteiger partial charge in [-0.05, 0) is 66.6 Å². The number of nitrogens with one attached hydrogen (secondary N) is 3. The number of nitrogens with zero attached hydrogens (tertiary/aromatic N) is 1. The first kappa shape index (κ1) is 24.9. The van der Waals surface area contributed by atoms with Crippen LogP contribution in [-0.2, 0) is 39.0 Å². The number of fused-ring (bicyclic) bond motifs is 1. The summed E-state index contributed by atoms with van der Waals surface area (Å²) in [5.74, 6) is -0.659. The Labute approximate surface area is 205 Å². The minimum Gasteiger partial charge on any atom is -0.353 e. The van der Waals surface area contributed by atoms with Crippen LogP contribution in [-0.4, -0.2) is 57.2 Å². The predicted octanol–water partition coefficient (Wildman–Crippen LogP) is 1.12. The summed E-state index contributed by atoms with van der Waals surface area (Å²) in [7, 11) is -3.67. The van der Waals surface area contributed by atoms with Crippen LogP contribution in [0.5, 0.6) is 0 Å². The molecule has 10 heteroatoms. The molecule has 1 saturated heterocycles. The lowest BCUT2D eigenvalue weighted by molar-refractivity contribution is -0.123. The third-order valence-electron chi connectivity index (χ3n) is 6.29. The highest BCUT2D eigenvalue weighted by Crippen LogP contribution is 2.24. The van der Waals surface area contributed by atoms with Gasteiger partial charge in [-0.15, -0.1) is 0 Å². The third kappa shape index (κ3) is 6.46. The number of rotatable bonds is 8. The van der Waals surface area contributed by atoms with Crippen molar-refractivity contribution >= 4 is 27.7 Å². The summed E-state index contributed by atoms with van der Waals surface area (Å²) in [4.78, 5) is 37.9. The van der Waals surface area contributed by atoms with E-state index in [1.807, 2.05) is 6.07 Å². The van der Waals surface area contributed by atoms with Crippen LogP contribution in [0.1, 0.15) is 46.3 Å². The van der Waals surface area contributed by atoms with E-state index < -0.39 is 10.0 Å². The van der Waals surface area contributed by atoms with Crippen molar-refractivity contribution in [1.29, 1.82) is 0 Å². The van der Waals surface area contributed by atoms with Gasteiger partial charge in [0.15, 0.2) is 0 Å². The van der Waals surface area contributed by atoms with Crippen LogP contribution in [0.3, 0.4) is 0 Å². The van der Waals surface area contributed by atoms with Gasteiger partial charge < -0.3 is 15.5 Å². The van der Waals surface area contributed by atoms with E-state index in [1.165, 1.54) is 10.5 Å². The van der Waals surface area contributed by atoms with E-state index >= 15 is 0 Å². The maximum Gasteiger partial charge on any atom is 0.254 e. The van der Waals surface area contributed by atoms with Crippen molar-refractivity contribution in [2.75, 3.05) is 26.2 Å². The number of sulfonamides is 1. The Morgan fingerprint density at radius 3 is 2.49 bits per heavy atom. The molecule has 1 heterocycles. The summed E-state index contributed by atoms with van der Waals surface area (Å²) in [6, 6.07) is 12.1. The molecule has 4 rings (SSSR count). The van der Waals surface area contributed by atoms with Gasteiger partial charge in [-0.3, -0.25) is 14.4 Å². The van der Waals surface area contributed by atoms with E-state index in [1.54, 1.807) is 36.4 Å². The molecule has 186 valence electrons. The Bertz CT molecular complexity index is 1210. The zero-order chi connectivity index (χ0) is 24.8. The lowest BCUT2D eigenvalue weighted by atomic mass is 9.92. The Kier molecular flexibility index (Phi) is 7.82. The molecule has 3 amide bonds. The van der Waals surface area contributed by atoms with E-state index in [9.17, 15) is 22.8 Å². The largest absolute Gasteiger partial charge is 0.353 e. The number of carbonyl (C=O) groups is 3. The second-order valence-corrected chi connectivity index (χ2v) is 10.6. The summed E-state index contributed by atoms with van der Waals surface area (Å²) in [6.07, 6.45) is 4.09. The molecule has 9 nitrogen and oxygen atoms in total. The summed E-state index contributed by atoms with van der Waals surface area (Å²) in [5.41, 5.74) is 3.59. The van der Waals surface area contributed by atoms with Gasteiger partial charge in [-0.1, -0.05) is 18.2 Å². The Morgan fingerprint density at radius 1 is 1.00 bits per heavy atom. The van der Waals surface area contributed by atoms with Crippen LogP contribution in [0.25, 0.3) is 0 Å². The van der Waals surface area contributed by atoms with Crippen molar-refractivity contribution < 1.29 is 22.8 Å². The minimum absolute atomic E-state index is 0.00209. The molecule has 2 aromatic carbocycles. The van der Waals surface area contributed by atoms with Crippen molar-refractivity contribution in [2.24, 2.45) is 0 Å². The van der Waals surface area contributed by atoms with Crippen molar-refractivity contribution in [3.05, 3.63) is 64.7 Å². The van der Waals surface area contributed by atoms with Crippen molar-refractivity contribution in [1.82, 2.24) is 20.3 Å².